The average molecular weight is 440 g/mol. The van der Waals surface area contributed by atoms with Crippen LogP contribution in [0.15, 0.2) is 80.7 Å². The van der Waals surface area contributed by atoms with Crippen LogP contribution in [0.5, 0.6) is 0 Å². The molecule has 0 aliphatic heterocycles. The van der Waals surface area contributed by atoms with Crippen molar-refractivity contribution >= 4 is 38.5 Å². The summed E-state index contributed by atoms with van der Waals surface area (Å²) in [6, 6.07) is 19.2. The van der Waals surface area contributed by atoms with Gasteiger partial charge in [0.05, 0.1) is 11.4 Å². The molecule has 0 atom stereocenters. The molecule has 7 heteroatoms. The maximum atomic E-state index is 13.1. The molecular formula is C26H20N2O5. The van der Waals surface area contributed by atoms with Crippen LogP contribution in [0.1, 0.15) is 35.9 Å². The van der Waals surface area contributed by atoms with Gasteiger partial charge in [0.25, 0.3) is 5.56 Å². The first kappa shape index (κ1) is 20.6. The van der Waals surface area contributed by atoms with Gasteiger partial charge in [-0.1, -0.05) is 48.5 Å². The Morgan fingerprint density at radius 2 is 1.67 bits per heavy atom. The minimum Gasteiger partial charge on any atom is -0.456 e. The number of esters is 1. The van der Waals surface area contributed by atoms with Gasteiger partial charge in [-0.15, -0.1) is 0 Å². The molecule has 0 radical (unpaired) electrons. The summed E-state index contributed by atoms with van der Waals surface area (Å²) in [6.07, 6.45) is 0. The highest BCUT2D eigenvalue weighted by atomic mass is 16.5. The summed E-state index contributed by atoms with van der Waals surface area (Å²) in [5, 5.41) is 7.69. The predicted molar refractivity (Wildman–Crippen MR) is 125 cm³/mol. The molecule has 0 spiro atoms. The number of nitrogens with zero attached hydrogens (tertiary/aromatic N) is 2. The number of carbonyl (C=O) groups excluding carboxylic acids is 1. The third-order valence-corrected chi connectivity index (χ3v) is 5.58. The third kappa shape index (κ3) is 3.57. The lowest BCUT2D eigenvalue weighted by atomic mass is 10.0. The zero-order valence-corrected chi connectivity index (χ0v) is 18.1. The van der Waals surface area contributed by atoms with Crippen molar-refractivity contribution in [1.82, 2.24) is 9.78 Å². The third-order valence-electron chi connectivity index (χ3n) is 5.58. The Morgan fingerprint density at radius 3 is 2.42 bits per heavy atom. The lowest BCUT2D eigenvalue weighted by Gasteiger charge is -2.13. The van der Waals surface area contributed by atoms with Gasteiger partial charge in [-0.25, -0.2) is 14.3 Å². The molecule has 0 aliphatic rings. The van der Waals surface area contributed by atoms with Gasteiger partial charge < -0.3 is 9.15 Å². The maximum absolute atomic E-state index is 13.1. The molecule has 2 aromatic heterocycles. The molecule has 5 rings (SSSR count). The standard InChI is InChI=1S/C26H20N2O5/c1-15(2)28-25(30)20-10-6-5-9-19(20)24(27-28)26(31)32-14-17-13-22(29)33-21-12-11-16-7-3-4-8-18(16)23(17)21/h3-13,15H,14H2,1-2H3. The lowest BCUT2D eigenvalue weighted by Crippen LogP contribution is -2.27. The van der Waals surface area contributed by atoms with E-state index in [-0.39, 0.29) is 23.9 Å². The van der Waals surface area contributed by atoms with Gasteiger partial charge in [0.15, 0.2) is 5.69 Å². The molecule has 3 aromatic carbocycles. The van der Waals surface area contributed by atoms with Crippen LogP contribution in [-0.2, 0) is 11.3 Å². The molecule has 0 amide bonds. The van der Waals surface area contributed by atoms with Crippen LogP contribution in [-0.4, -0.2) is 15.7 Å². The summed E-state index contributed by atoms with van der Waals surface area (Å²) in [6.45, 7) is 3.49. The zero-order valence-electron chi connectivity index (χ0n) is 18.1. The van der Waals surface area contributed by atoms with Gasteiger partial charge in [0, 0.05) is 22.4 Å². The topological polar surface area (TPSA) is 91.4 Å². The second-order valence-corrected chi connectivity index (χ2v) is 8.06. The van der Waals surface area contributed by atoms with Crippen LogP contribution in [0, 0.1) is 0 Å². The van der Waals surface area contributed by atoms with Crippen molar-refractivity contribution in [2.75, 3.05) is 0 Å². The van der Waals surface area contributed by atoms with E-state index < -0.39 is 11.6 Å². The highest BCUT2D eigenvalue weighted by Gasteiger charge is 2.20. The van der Waals surface area contributed by atoms with E-state index in [0.29, 0.717) is 27.3 Å². The maximum Gasteiger partial charge on any atom is 0.359 e. The van der Waals surface area contributed by atoms with Crippen LogP contribution < -0.4 is 11.2 Å². The summed E-state index contributed by atoms with van der Waals surface area (Å²) < 4.78 is 12.3. The van der Waals surface area contributed by atoms with E-state index >= 15 is 0 Å². The Balaban J connectivity index is 1.59. The van der Waals surface area contributed by atoms with Gasteiger partial charge in [-0.2, -0.15) is 5.10 Å². The molecule has 7 nitrogen and oxygen atoms in total. The van der Waals surface area contributed by atoms with E-state index in [4.69, 9.17) is 9.15 Å². The number of rotatable bonds is 4. The van der Waals surface area contributed by atoms with Crippen LogP contribution in [0.3, 0.4) is 0 Å². The monoisotopic (exact) mass is 440 g/mol. The number of ether oxygens (including phenoxy) is 1. The van der Waals surface area contributed by atoms with Crippen molar-refractivity contribution in [2.24, 2.45) is 0 Å². The van der Waals surface area contributed by atoms with Crippen molar-refractivity contribution in [3.8, 4) is 0 Å². The fourth-order valence-electron chi connectivity index (χ4n) is 4.05. The predicted octanol–water partition coefficient (Wildman–Crippen LogP) is 4.59. The molecule has 0 unspecified atom stereocenters. The van der Waals surface area contributed by atoms with Crippen molar-refractivity contribution in [1.29, 1.82) is 0 Å². The average Bonchev–Trinajstić information content (AvgIpc) is 2.82. The first-order valence-corrected chi connectivity index (χ1v) is 10.6. The molecule has 0 bridgehead atoms. The van der Waals surface area contributed by atoms with Crippen LogP contribution in [0.25, 0.3) is 32.5 Å². The summed E-state index contributed by atoms with van der Waals surface area (Å²) in [5.41, 5.74) is 0.212. The van der Waals surface area contributed by atoms with Gasteiger partial charge in [-0.05, 0) is 36.8 Å². The van der Waals surface area contributed by atoms with Crippen molar-refractivity contribution in [3.63, 3.8) is 0 Å². The van der Waals surface area contributed by atoms with Crippen molar-refractivity contribution in [3.05, 3.63) is 98.8 Å². The number of hydrogen-bond acceptors (Lipinski definition) is 6. The summed E-state index contributed by atoms with van der Waals surface area (Å²) in [7, 11) is 0. The Morgan fingerprint density at radius 1 is 0.970 bits per heavy atom. The van der Waals surface area contributed by atoms with Crippen molar-refractivity contribution in [2.45, 2.75) is 26.5 Å². The second kappa shape index (κ2) is 8.02. The smallest absolute Gasteiger partial charge is 0.359 e. The van der Waals surface area contributed by atoms with E-state index in [1.54, 1.807) is 30.3 Å². The summed E-state index contributed by atoms with van der Waals surface area (Å²) >= 11 is 0. The number of fused-ring (bicyclic) bond motifs is 4. The summed E-state index contributed by atoms with van der Waals surface area (Å²) in [4.78, 5) is 38.0. The molecular weight excluding hydrogens is 420 g/mol. The van der Waals surface area contributed by atoms with Crippen LogP contribution in [0.2, 0.25) is 0 Å². The molecule has 5 aromatic rings. The lowest BCUT2D eigenvalue weighted by molar-refractivity contribution is 0.0466. The fourth-order valence-corrected chi connectivity index (χ4v) is 4.05. The zero-order chi connectivity index (χ0) is 23.1. The number of aromatic nitrogens is 2. The van der Waals surface area contributed by atoms with Gasteiger partial charge in [0.2, 0.25) is 0 Å². The van der Waals surface area contributed by atoms with E-state index in [1.807, 2.05) is 44.2 Å². The molecule has 0 N–H and O–H groups in total. The number of benzene rings is 3. The first-order chi connectivity index (χ1) is 15.9. The first-order valence-electron chi connectivity index (χ1n) is 10.6. The van der Waals surface area contributed by atoms with Gasteiger partial charge in [-0.3, -0.25) is 4.79 Å². The van der Waals surface area contributed by atoms with Gasteiger partial charge in [0.1, 0.15) is 12.2 Å². The van der Waals surface area contributed by atoms with Crippen LogP contribution in [0.4, 0.5) is 0 Å². The largest absolute Gasteiger partial charge is 0.456 e. The fraction of sp³-hybridized carbons (Fsp3) is 0.154. The highest BCUT2D eigenvalue weighted by molar-refractivity contribution is 6.07. The molecule has 33 heavy (non-hydrogen) atoms. The van der Waals surface area contributed by atoms with E-state index in [2.05, 4.69) is 5.10 Å². The normalized spacial score (nSPS) is 11.5. The Labute approximate surface area is 187 Å². The second-order valence-electron chi connectivity index (χ2n) is 8.06. The molecule has 0 fully saturated rings. The Kier molecular flexibility index (Phi) is 5.01. The van der Waals surface area contributed by atoms with E-state index in [9.17, 15) is 14.4 Å². The molecule has 0 saturated heterocycles. The minimum atomic E-state index is -0.678. The quantitative estimate of drug-likeness (QED) is 0.231. The molecule has 164 valence electrons. The summed E-state index contributed by atoms with van der Waals surface area (Å²) in [5.74, 6) is -0.678. The molecule has 0 aliphatic carbocycles. The number of carbonyl (C=O) groups is 1. The molecule has 0 saturated carbocycles. The number of hydrogen-bond donors (Lipinski definition) is 0. The van der Waals surface area contributed by atoms with Crippen molar-refractivity contribution < 1.29 is 13.9 Å². The van der Waals surface area contributed by atoms with E-state index in [0.717, 1.165) is 10.8 Å². The van der Waals surface area contributed by atoms with E-state index in [1.165, 1.54) is 10.7 Å². The molecule has 2 heterocycles. The van der Waals surface area contributed by atoms with Crippen LogP contribution >= 0.6 is 0 Å². The Bertz CT molecular complexity index is 1660. The highest BCUT2D eigenvalue weighted by Crippen LogP contribution is 2.28. The SMILES string of the molecule is CC(C)n1nc(C(=O)OCc2cc(=O)oc3ccc4ccccc4c23)c2ccccc2c1=O. The minimum absolute atomic E-state index is 0.0519. The van der Waals surface area contributed by atoms with Gasteiger partial charge >= 0.3 is 11.6 Å². The Hall–Kier alpha value is -4.26.